The lowest BCUT2D eigenvalue weighted by Crippen LogP contribution is -2.12. The number of nitrogens with one attached hydrogen (secondary N) is 1. The molecule has 0 aliphatic heterocycles. The molecule has 5 nitrogen and oxygen atoms in total. The van der Waals surface area contributed by atoms with Crippen LogP contribution in [0.2, 0.25) is 0 Å². The first-order valence-electron chi connectivity index (χ1n) is 5.26. The molecule has 17 heavy (non-hydrogen) atoms. The maximum Gasteiger partial charge on any atom is 0.276 e. The van der Waals surface area contributed by atoms with Gasteiger partial charge in [0.25, 0.3) is 5.91 Å². The predicted octanol–water partition coefficient (Wildman–Crippen LogP) is 2.82. The first-order valence-corrected chi connectivity index (χ1v) is 6.14. The summed E-state index contributed by atoms with van der Waals surface area (Å²) in [5, 5.41) is 9.02. The van der Waals surface area contributed by atoms with E-state index >= 15 is 0 Å². The number of aromatic nitrogens is 2. The van der Waals surface area contributed by atoms with Gasteiger partial charge in [0.05, 0.1) is 5.01 Å². The van der Waals surface area contributed by atoms with Crippen LogP contribution >= 0.6 is 11.3 Å². The van der Waals surface area contributed by atoms with Crippen molar-refractivity contribution in [3.8, 4) is 0 Å². The van der Waals surface area contributed by atoms with Crippen molar-refractivity contribution < 1.29 is 9.32 Å². The number of carbonyl (C=O) groups is 1. The number of hydrogen-bond acceptors (Lipinski definition) is 5. The van der Waals surface area contributed by atoms with Gasteiger partial charge in [0.1, 0.15) is 11.5 Å². The minimum Gasteiger partial charge on any atom is -0.360 e. The van der Waals surface area contributed by atoms with Crippen LogP contribution < -0.4 is 5.32 Å². The Labute approximate surface area is 103 Å². The lowest BCUT2D eigenvalue weighted by Gasteiger charge is -1.98. The van der Waals surface area contributed by atoms with Gasteiger partial charge >= 0.3 is 0 Å². The fourth-order valence-corrected chi connectivity index (χ4v) is 2.08. The number of anilines is 1. The molecule has 0 radical (unpaired) electrons. The fourth-order valence-electron chi connectivity index (χ4n) is 1.26. The van der Waals surface area contributed by atoms with Crippen LogP contribution in [0.1, 0.15) is 41.0 Å². The van der Waals surface area contributed by atoms with Gasteiger partial charge in [-0.15, -0.1) is 11.3 Å². The highest BCUT2D eigenvalue weighted by atomic mass is 32.1. The van der Waals surface area contributed by atoms with E-state index in [1.807, 2.05) is 13.8 Å². The lowest BCUT2D eigenvalue weighted by atomic mass is 10.2. The third-order valence-corrected chi connectivity index (χ3v) is 3.26. The van der Waals surface area contributed by atoms with Crippen LogP contribution in [0.15, 0.2) is 16.0 Å². The van der Waals surface area contributed by atoms with Crippen LogP contribution in [0.3, 0.4) is 0 Å². The van der Waals surface area contributed by atoms with Gasteiger partial charge in [0.2, 0.25) is 0 Å². The lowest BCUT2D eigenvalue weighted by molar-refractivity contribution is 0.102. The van der Waals surface area contributed by atoms with E-state index in [4.69, 9.17) is 4.52 Å². The number of thiazole rings is 1. The summed E-state index contributed by atoms with van der Waals surface area (Å²) >= 11 is 1.49. The van der Waals surface area contributed by atoms with E-state index in [1.165, 1.54) is 11.3 Å². The second-order valence-corrected chi connectivity index (χ2v) is 4.89. The molecular formula is C11H13N3O2S. The van der Waals surface area contributed by atoms with Gasteiger partial charge in [-0.2, -0.15) is 0 Å². The number of carbonyl (C=O) groups excluding carboxylic acids is 1. The highest BCUT2D eigenvalue weighted by Crippen LogP contribution is 2.19. The molecule has 2 aromatic rings. The molecule has 0 spiro atoms. The Kier molecular flexibility index (Phi) is 3.23. The van der Waals surface area contributed by atoms with Crippen LogP contribution in [-0.4, -0.2) is 16.0 Å². The quantitative estimate of drug-likeness (QED) is 0.910. The first kappa shape index (κ1) is 11.8. The second-order valence-electron chi connectivity index (χ2n) is 4.00. The molecule has 2 rings (SSSR count). The molecular weight excluding hydrogens is 238 g/mol. The molecule has 1 N–H and O–H groups in total. The Morgan fingerprint density at radius 2 is 2.29 bits per heavy atom. The second kappa shape index (κ2) is 4.67. The molecule has 0 aliphatic carbocycles. The van der Waals surface area contributed by atoms with Gasteiger partial charge in [-0.25, -0.2) is 4.98 Å². The van der Waals surface area contributed by atoms with Crippen molar-refractivity contribution in [2.45, 2.75) is 26.7 Å². The SMILES string of the molecule is Cc1cc(NC(=O)c2csc(C(C)C)n2)no1. The standard InChI is InChI=1S/C11H13N3O2S/c1-6(2)11-12-8(5-17-11)10(15)13-9-4-7(3)16-14-9/h4-6H,1-3H3,(H,13,14,15). The molecule has 0 saturated heterocycles. The Morgan fingerprint density at radius 3 is 2.82 bits per heavy atom. The monoisotopic (exact) mass is 251 g/mol. The molecule has 0 atom stereocenters. The molecule has 90 valence electrons. The molecule has 0 saturated carbocycles. The minimum absolute atomic E-state index is 0.263. The topological polar surface area (TPSA) is 68.0 Å². The van der Waals surface area contributed by atoms with E-state index in [2.05, 4.69) is 15.5 Å². The third-order valence-electron chi connectivity index (χ3n) is 2.12. The molecule has 0 unspecified atom stereocenters. The van der Waals surface area contributed by atoms with E-state index in [0.29, 0.717) is 23.2 Å². The van der Waals surface area contributed by atoms with Crippen LogP contribution in [0.25, 0.3) is 0 Å². The van der Waals surface area contributed by atoms with Crippen molar-refractivity contribution in [1.82, 2.24) is 10.1 Å². The summed E-state index contributed by atoms with van der Waals surface area (Å²) < 4.78 is 4.86. The highest BCUT2D eigenvalue weighted by molar-refractivity contribution is 7.09. The van der Waals surface area contributed by atoms with E-state index in [9.17, 15) is 4.79 Å². The summed E-state index contributed by atoms with van der Waals surface area (Å²) in [5.74, 6) is 1.13. The molecule has 0 aliphatic rings. The molecule has 1 amide bonds. The van der Waals surface area contributed by atoms with E-state index in [0.717, 1.165) is 5.01 Å². The molecule has 6 heteroatoms. The van der Waals surface area contributed by atoms with Gasteiger partial charge in [-0.05, 0) is 6.92 Å². The van der Waals surface area contributed by atoms with Crippen molar-refractivity contribution in [3.63, 3.8) is 0 Å². The Bertz CT molecular complexity index is 530. The smallest absolute Gasteiger partial charge is 0.276 e. The maximum absolute atomic E-state index is 11.8. The van der Waals surface area contributed by atoms with Gasteiger partial charge in [0.15, 0.2) is 5.82 Å². The Balaban J connectivity index is 2.09. The zero-order valence-electron chi connectivity index (χ0n) is 9.85. The van der Waals surface area contributed by atoms with E-state index < -0.39 is 0 Å². The molecule has 2 aromatic heterocycles. The predicted molar refractivity (Wildman–Crippen MR) is 65.4 cm³/mol. The molecule has 0 aromatic carbocycles. The summed E-state index contributed by atoms with van der Waals surface area (Å²) in [4.78, 5) is 16.1. The van der Waals surface area contributed by atoms with Crippen molar-refractivity contribution in [2.24, 2.45) is 0 Å². The van der Waals surface area contributed by atoms with E-state index in [1.54, 1.807) is 18.4 Å². The van der Waals surface area contributed by atoms with Crippen molar-refractivity contribution in [1.29, 1.82) is 0 Å². The average Bonchev–Trinajstić information content (AvgIpc) is 2.86. The third kappa shape index (κ3) is 2.71. The van der Waals surface area contributed by atoms with Crippen LogP contribution in [0, 0.1) is 6.92 Å². The zero-order chi connectivity index (χ0) is 12.4. The van der Waals surface area contributed by atoms with Crippen molar-refractivity contribution in [3.05, 3.63) is 27.9 Å². The molecule has 0 bridgehead atoms. The summed E-state index contributed by atoms with van der Waals surface area (Å²) in [6, 6.07) is 1.66. The normalized spacial score (nSPS) is 10.8. The first-order chi connectivity index (χ1) is 8.06. The number of aryl methyl sites for hydroxylation is 1. The zero-order valence-corrected chi connectivity index (χ0v) is 10.7. The van der Waals surface area contributed by atoms with E-state index in [-0.39, 0.29) is 5.91 Å². The average molecular weight is 251 g/mol. The van der Waals surface area contributed by atoms with Crippen molar-refractivity contribution in [2.75, 3.05) is 5.32 Å². The summed E-state index contributed by atoms with van der Waals surface area (Å²) in [5.41, 5.74) is 0.416. The molecule has 2 heterocycles. The maximum atomic E-state index is 11.8. The van der Waals surface area contributed by atoms with Crippen molar-refractivity contribution >= 4 is 23.1 Å². The largest absolute Gasteiger partial charge is 0.360 e. The number of amides is 1. The number of rotatable bonds is 3. The van der Waals surface area contributed by atoms with Gasteiger partial charge in [-0.1, -0.05) is 19.0 Å². The minimum atomic E-state index is -0.263. The summed E-state index contributed by atoms with van der Waals surface area (Å²) in [6.45, 7) is 5.85. The number of hydrogen-bond donors (Lipinski definition) is 1. The van der Waals surface area contributed by atoms with Crippen LogP contribution in [0.5, 0.6) is 0 Å². The Morgan fingerprint density at radius 1 is 1.53 bits per heavy atom. The van der Waals surface area contributed by atoms with Gasteiger partial charge in [-0.3, -0.25) is 4.79 Å². The fraction of sp³-hybridized carbons (Fsp3) is 0.364. The summed E-state index contributed by atoms with van der Waals surface area (Å²) in [6.07, 6.45) is 0. The molecule has 0 fully saturated rings. The van der Waals surface area contributed by atoms with Gasteiger partial charge in [0, 0.05) is 17.4 Å². The number of nitrogens with zero attached hydrogens (tertiary/aromatic N) is 2. The highest BCUT2D eigenvalue weighted by Gasteiger charge is 2.13. The summed E-state index contributed by atoms with van der Waals surface area (Å²) in [7, 11) is 0. The van der Waals surface area contributed by atoms with Crippen LogP contribution in [-0.2, 0) is 0 Å². The van der Waals surface area contributed by atoms with Crippen LogP contribution in [0.4, 0.5) is 5.82 Å². The van der Waals surface area contributed by atoms with Gasteiger partial charge < -0.3 is 9.84 Å². The Hall–Kier alpha value is -1.69.